The zero-order valence-corrected chi connectivity index (χ0v) is 10.4. The summed E-state index contributed by atoms with van der Waals surface area (Å²) in [7, 11) is 0. The van der Waals surface area contributed by atoms with E-state index in [1.165, 1.54) is 17.7 Å². The Morgan fingerprint density at radius 1 is 1.28 bits per heavy atom. The van der Waals surface area contributed by atoms with Gasteiger partial charge in [-0.15, -0.1) is 0 Å². The fourth-order valence-corrected chi connectivity index (χ4v) is 2.48. The third-order valence-corrected chi connectivity index (χ3v) is 3.55. The monoisotopic (exact) mass is 250 g/mol. The van der Waals surface area contributed by atoms with Gasteiger partial charge in [-0.1, -0.05) is 12.1 Å². The molecule has 2 rings (SSSR count). The number of amides is 1. The molecule has 1 saturated heterocycles. The van der Waals surface area contributed by atoms with Crippen LogP contribution < -0.4 is 5.73 Å². The molecular formula is C14H19FN2O. The molecule has 2 N–H and O–H groups in total. The Kier molecular flexibility index (Phi) is 4.31. The highest BCUT2D eigenvalue weighted by molar-refractivity contribution is 5.76. The van der Waals surface area contributed by atoms with E-state index in [1.807, 2.05) is 17.0 Å². The highest BCUT2D eigenvalue weighted by atomic mass is 19.1. The topological polar surface area (TPSA) is 46.3 Å². The van der Waals surface area contributed by atoms with Crippen molar-refractivity contribution in [2.45, 2.75) is 25.2 Å². The lowest BCUT2D eigenvalue weighted by Crippen LogP contribution is -2.38. The second kappa shape index (κ2) is 5.96. The van der Waals surface area contributed by atoms with E-state index >= 15 is 0 Å². The summed E-state index contributed by atoms with van der Waals surface area (Å²) in [5.74, 6) is 0.386. The molecule has 0 bridgehead atoms. The van der Waals surface area contributed by atoms with Crippen molar-refractivity contribution in [3.63, 3.8) is 0 Å². The van der Waals surface area contributed by atoms with E-state index in [0.29, 0.717) is 18.9 Å². The first-order valence-corrected chi connectivity index (χ1v) is 6.44. The van der Waals surface area contributed by atoms with Crippen LogP contribution >= 0.6 is 0 Å². The largest absolute Gasteiger partial charge is 0.343 e. The number of nitrogens with two attached hydrogens (primary N) is 1. The Morgan fingerprint density at radius 2 is 1.89 bits per heavy atom. The summed E-state index contributed by atoms with van der Waals surface area (Å²) >= 11 is 0. The summed E-state index contributed by atoms with van der Waals surface area (Å²) < 4.78 is 12.8. The molecule has 1 aromatic carbocycles. The normalized spacial score (nSPS) is 16.9. The average molecular weight is 250 g/mol. The van der Waals surface area contributed by atoms with Crippen LogP contribution in [0.1, 0.15) is 30.7 Å². The van der Waals surface area contributed by atoms with Gasteiger partial charge in [-0.05, 0) is 36.5 Å². The second-order valence-corrected chi connectivity index (χ2v) is 4.75. The van der Waals surface area contributed by atoms with E-state index in [-0.39, 0.29) is 11.7 Å². The van der Waals surface area contributed by atoms with Crippen molar-refractivity contribution in [1.29, 1.82) is 0 Å². The van der Waals surface area contributed by atoms with Crippen LogP contribution in [0.5, 0.6) is 0 Å². The summed E-state index contributed by atoms with van der Waals surface area (Å²) in [5, 5.41) is 0. The number of hydrogen-bond donors (Lipinski definition) is 1. The van der Waals surface area contributed by atoms with E-state index in [1.54, 1.807) is 0 Å². The molecule has 4 heteroatoms. The van der Waals surface area contributed by atoms with Crippen molar-refractivity contribution < 1.29 is 9.18 Å². The fraction of sp³-hybridized carbons (Fsp3) is 0.500. The van der Waals surface area contributed by atoms with Crippen LogP contribution in [0.15, 0.2) is 24.3 Å². The van der Waals surface area contributed by atoms with Gasteiger partial charge in [0.15, 0.2) is 0 Å². The van der Waals surface area contributed by atoms with Crippen LogP contribution in [0.25, 0.3) is 0 Å². The summed E-state index contributed by atoms with van der Waals surface area (Å²) in [6.07, 6.45) is 2.32. The molecule has 0 spiro atoms. The van der Waals surface area contributed by atoms with Crippen molar-refractivity contribution in [2.24, 2.45) is 5.73 Å². The van der Waals surface area contributed by atoms with Crippen LogP contribution in [0.3, 0.4) is 0 Å². The molecule has 18 heavy (non-hydrogen) atoms. The van der Waals surface area contributed by atoms with Crippen LogP contribution in [0, 0.1) is 5.82 Å². The van der Waals surface area contributed by atoms with Gasteiger partial charge in [0.1, 0.15) is 5.82 Å². The second-order valence-electron chi connectivity index (χ2n) is 4.75. The number of likely N-dealkylation sites (tertiary alicyclic amines) is 1. The number of hydrogen-bond acceptors (Lipinski definition) is 2. The zero-order valence-electron chi connectivity index (χ0n) is 10.4. The maximum absolute atomic E-state index is 12.8. The maximum atomic E-state index is 12.8. The third kappa shape index (κ3) is 3.07. The first-order valence-electron chi connectivity index (χ1n) is 6.44. The molecular weight excluding hydrogens is 231 g/mol. The standard InChI is InChI=1S/C14H19FN2O/c15-13-3-1-11(2-4-13)12-6-9-17(10-7-12)14(18)5-8-16/h1-4,12H,5-10,16H2. The molecule has 0 unspecified atom stereocenters. The van der Waals surface area contributed by atoms with Gasteiger partial charge in [-0.3, -0.25) is 4.79 Å². The highest BCUT2D eigenvalue weighted by Gasteiger charge is 2.23. The van der Waals surface area contributed by atoms with Gasteiger partial charge >= 0.3 is 0 Å². The number of nitrogens with zero attached hydrogens (tertiary/aromatic N) is 1. The van der Waals surface area contributed by atoms with E-state index in [4.69, 9.17) is 5.73 Å². The molecule has 1 amide bonds. The Bertz CT molecular complexity index is 397. The molecule has 3 nitrogen and oxygen atoms in total. The Labute approximate surface area is 107 Å². The highest BCUT2D eigenvalue weighted by Crippen LogP contribution is 2.28. The molecule has 0 radical (unpaired) electrons. The minimum atomic E-state index is -0.200. The molecule has 1 heterocycles. The lowest BCUT2D eigenvalue weighted by molar-refractivity contribution is -0.132. The zero-order chi connectivity index (χ0) is 13.0. The van der Waals surface area contributed by atoms with E-state index in [2.05, 4.69) is 0 Å². The number of piperidine rings is 1. The first kappa shape index (κ1) is 13.0. The predicted molar refractivity (Wildman–Crippen MR) is 68.6 cm³/mol. The maximum Gasteiger partial charge on any atom is 0.223 e. The minimum absolute atomic E-state index is 0.148. The molecule has 1 aliphatic heterocycles. The average Bonchev–Trinajstić information content (AvgIpc) is 2.40. The minimum Gasteiger partial charge on any atom is -0.343 e. The summed E-state index contributed by atoms with van der Waals surface area (Å²) in [5.41, 5.74) is 6.55. The number of benzene rings is 1. The third-order valence-electron chi connectivity index (χ3n) is 3.55. The van der Waals surface area contributed by atoms with Gasteiger partial charge in [0, 0.05) is 26.1 Å². The van der Waals surface area contributed by atoms with Crippen molar-refractivity contribution in [3.8, 4) is 0 Å². The van der Waals surface area contributed by atoms with E-state index in [9.17, 15) is 9.18 Å². The molecule has 0 atom stereocenters. The van der Waals surface area contributed by atoms with Crippen LogP contribution in [-0.2, 0) is 4.79 Å². The molecule has 0 aliphatic carbocycles. The molecule has 98 valence electrons. The quantitative estimate of drug-likeness (QED) is 0.890. The van der Waals surface area contributed by atoms with Crippen LogP contribution in [0.4, 0.5) is 4.39 Å². The van der Waals surface area contributed by atoms with Crippen molar-refractivity contribution in [3.05, 3.63) is 35.6 Å². The van der Waals surface area contributed by atoms with E-state index in [0.717, 1.165) is 25.9 Å². The number of rotatable bonds is 3. The SMILES string of the molecule is NCCC(=O)N1CCC(c2ccc(F)cc2)CC1. The lowest BCUT2D eigenvalue weighted by Gasteiger charge is -2.32. The Hall–Kier alpha value is -1.42. The Morgan fingerprint density at radius 3 is 2.44 bits per heavy atom. The summed E-state index contributed by atoms with van der Waals surface area (Å²) in [4.78, 5) is 13.6. The number of carbonyl (C=O) groups excluding carboxylic acids is 1. The van der Waals surface area contributed by atoms with Gasteiger partial charge in [0.25, 0.3) is 0 Å². The number of halogens is 1. The van der Waals surface area contributed by atoms with Crippen molar-refractivity contribution in [1.82, 2.24) is 4.90 Å². The smallest absolute Gasteiger partial charge is 0.223 e. The molecule has 1 aliphatic rings. The lowest BCUT2D eigenvalue weighted by atomic mass is 9.89. The van der Waals surface area contributed by atoms with Crippen molar-refractivity contribution in [2.75, 3.05) is 19.6 Å². The summed E-state index contributed by atoms with van der Waals surface area (Å²) in [6.45, 7) is 1.97. The van der Waals surface area contributed by atoms with Gasteiger partial charge < -0.3 is 10.6 Å². The van der Waals surface area contributed by atoms with Gasteiger partial charge in [0.05, 0.1) is 0 Å². The Balaban J connectivity index is 1.90. The van der Waals surface area contributed by atoms with Gasteiger partial charge in [0.2, 0.25) is 5.91 Å². The fourth-order valence-electron chi connectivity index (χ4n) is 2.48. The van der Waals surface area contributed by atoms with Crippen LogP contribution in [0.2, 0.25) is 0 Å². The molecule has 1 aromatic rings. The van der Waals surface area contributed by atoms with E-state index < -0.39 is 0 Å². The van der Waals surface area contributed by atoms with Crippen LogP contribution in [-0.4, -0.2) is 30.4 Å². The molecule has 0 aromatic heterocycles. The van der Waals surface area contributed by atoms with Crippen molar-refractivity contribution >= 4 is 5.91 Å². The van der Waals surface area contributed by atoms with Gasteiger partial charge in [-0.2, -0.15) is 0 Å². The predicted octanol–water partition coefficient (Wildman–Crippen LogP) is 1.88. The summed E-state index contributed by atoms with van der Waals surface area (Å²) in [6, 6.07) is 6.69. The molecule has 1 fully saturated rings. The number of carbonyl (C=O) groups is 1. The first-order chi connectivity index (χ1) is 8.70. The van der Waals surface area contributed by atoms with Gasteiger partial charge in [-0.25, -0.2) is 4.39 Å². The molecule has 0 saturated carbocycles.